The fraction of sp³-hybridized carbons (Fsp3) is 0.533. The van der Waals surface area contributed by atoms with E-state index in [9.17, 15) is 0 Å². The summed E-state index contributed by atoms with van der Waals surface area (Å²) in [4.78, 5) is 6.82. The van der Waals surface area contributed by atoms with Gasteiger partial charge < -0.3 is 10.2 Å². The Bertz CT molecular complexity index is 399. The second kappa shape index (κ2) is 7.17. The van der Waals surface area contributed by atoms with Crippen molar-refractivity contribution < 1.29 is 0 Å². The molecule has 0 aliphatic heterocycles. The van der Waals surface area contributed by atoms with Crippen molar-refractivity contribution in [1.29, 1.82) is 0 Å². The molecular weight excluding hydrogens is 222 g/mol. The molecule has 0 aliphatic carbocycles. The number of hydrogen-bond donors (Lipinski definition) is 1. The maximum Gasteiger partial charge on any atom is 0.133 e. The van der Waals surface area contributed by atoms with Gasteiger partial charge in [0, 0.05) is 31.4 Å². The highest BCUT2D eigenvalue weighted by Gasteiger charge is 2.11. The average Bonchev–Trinajstić information content (AvgIpc) is 2.31. The van der Waals surface area contributed by atoms with E-state index in [4.69, 9.17) is 0 Å². The molecule has 1 heterocycles. The summed E-state index contributed by atoms with van der Waals surface area (Å²) in [5.41, 5.74) is 3.66. The predicted octanol–water partition coefficient (Wildman–Crippen LogP) is 2.82. The van der Waals surface area contributed by atoms with Crippen molar-refractivity contribution in [2.45, 2.75) is 33.7 Å². The summed E-state index contributed by atoms with van der Waals surface area (Å²) in [7, 11) is 2.06. The molecule has 0 radical (unpaired) electrons. The quantitative estimate of drug-likeness (QED) is 0.593. The molecule has 0 bridgehead atoms. The Balaban J connectivity index is 3.00. The highest BCUT2D eigenvalue weighted by atomic mass is 15.2. The summed E-state index contributed by atoms with van der Waals surface area (Å²) < 4.78 is 0. The average molecular weight is 247 g/mol. The number of likely N-dealkylation sites (N-methyl/N-ethyl adjacent to an activating group) is 1. The topological polar surface area (TPSA) is 28.2 Å². The van der Waals surface area contributed by atoms with Crippen molar-refractivity contribution in [3.05, 3.63) is 35.5 Å². The highest BCUT2D eigenvalue weighted by molar-refractivity contribution is 5.51. The molecule has 0 aliphatic rings. The van der Waals surface area contributed by atoms with Gasteiger partial charge in [-0.25, -0.2) is 4.98 Å². The Morgan fingerprint density at radius 1 is 1.44 bits per heavy atom. The van der Waals surface area contributed by atoms with E-state index < -0.39 is 0 Å². The maximum absolute atomic E-state index is 4.67. The fourth-order valence-electron chi connectivity index (χ4n) is 2.05. The van der Waals surface area contributed by atoms with Crippen molar-refractivity contribution in [2.75, 3.05) is 25.0 Å². The number of nitrogens with one attached hydrogen (secondary N) is 1. The minimum atomic E-state index is 0.816. The maximum atomic E-state index is 4.67. The molecule has 3 heteroatoms. The summed E-state index contributed by atoms with van der Waals surface area (Å²) in [6.07, 6.45) is 3.05. The normalized spacial score (nSPS) is 10.4. The monoisotopic (exact) mass is 247 g/mol. The lowest BCUT2D eigenvalue weighted by Crippen LogP contribution is -2.23. The van der Waals surface area contributed by atoms with Gasteiger partial charge in [-0.1, -0.05) is 13.0 Å². The molecule has 0 saturated carbocycles. The van der Waals surface area contributed by atoms with E-state index in [1.54, 1.807) is 0 Å². The van der Waals surface area contributed by atoms with Gasteiger partial charge >= 0.3 is 0 Å². The first-order chi connectivity index (χ1) is 8.60. The van der Waals surface area contributed by atoms with E-state index in [0.717, 1.165) is 37.6 Å². The fourth-order valence-corrected chi connectivity index (χ4v) is 2.05. The molecule has 1 aromatic heterocycles. The van der Waals surface area contributed by atoms with Crippen LogP contribution in [0.25, 0.3) is 0 Å². The van der Waals surface area contributed by atoms with Gasteiger partial charge in [-0.05, 0) is 38.4 Å². The number of hydrogen-bond acceptors (Lipinski definition) is 3. The van der Waals surface area contributed by atoms with Gasteiger partial charge in [-0.15, -0.1) is 6.58 Å². The van der Waals surface area contributed by atoms with Crippen LogP contribution in [0.4, 0.5) is 5.82 Å². The Morgan fingerprint density at radius 2 is 2.17 bits per heavy atom. The van der Waals surface area contributed by atoms with Crippen LogP contribution in [0.15, 0.2) is 18.7 Å². The van der Waals surface area contributed by atoms with Crippen LogP contribution in [0.1, 0.15) is 30.2 Å². The number of aromatic nitrogens is 1. The first kappa shape index (κ1) is 14.7. The third kappa shape index (κ3) is 3.84. The van der Waals surface area contributed by atoms with Crippen molar-refractivity contribution >= 4 is 5.82 Å². The molecule has 0 spiro atoms. The number of rotatable bonds is 7. The third-order valence-corrected chi connectivity index (χ3v) is 2.95. The van der Waals surface area contributed by atoms with Crippen LogP contribution in [0.5, 0.6) is 0 Å². The van der Waals surface area contributed by atoms with Gasteiger partial charge in [0.05, 0.1) is 0 Å². The molecule has 100 valence electrons. The molecule has 0 atom stereocenters. The number of anilines is 1. The zero-order chi connectivity index (χ0) is 13.5. The minimum Gasteiger partial charge on any atom is -0.356 e. The molecular formula is C15H25N3. The van der Waals surface area contributed by atoms with Crippen molar-refractivity contribution in [1.82, 2.24) is 10.3 Å². The Hall–Kier alpha value is -1.35. The lowest BCUT2D eigenvalue weighted by atomic mass is 10.1. The second-order valence-corrected chi connectivity index (χ2v) is 4.73. The van der Waals surface area contributed by atoms with E-state index >= 15 is 0 Å². The molecule has 0 unspecified atom stereocenters. The lowest BCUT2D eigenvalue weighted by molar-refractivity contribution is 0.670. The zero-order valence-corrected chi connectivity index (χ0v) is 12.1. The van der Waals surface area contributed by atoms with E-state index in [1.807, 2.05) is 13.0 Å². The first-order valence-corrected chi connectivity index (χ1v) is 6.60. The van der Waals surface area contributed by atoms with Gasteiger partial charge in [0.1, 0.15) is 5.82 Å². The zero-order valence-electron chi connectivity index (χ0n) is 12.1. The number of pyridine rings is 1. The van der Waals surface area contributed by atoms with E-state index in [0.29, 0.717) is 0 Å². The van der Waals surface area contributed by atoms with Crippen LogP contribution in [0.3, 0.4) is 0 Å². The van der Waals surface area contributed by atoms with Gasteiger partial charge in [0.25, 0.3) is 0 Å². The van der Waals surface area contributed by atoms with E-state index in [2.05, 4.69) is 48.7 Å². The van der Waals surface area contributed by atoms with Crippen molar-refractivity contribution in [3.63, 3.8) is 0 Å². The first-order valence-electron chi connectivity index (χ1n) is 6.60. The van der Waals surface area contributed by atoms with Crippen LogP contribution in [0.2, 0.25) is 0 Å². The summed E-state index contributed by atoms with van der Waals surface area (Å²) >= 11 is 0. The minimum absolute atomic E-state index is 0.816. The van der Waals surface area contributed by atoms with Crippen LogP contribution in [0, 0.1) is 13.8 Å². The van der Waals surface area contributed by atoms with Crippen LogP contribution in [-0.2, 0) is 6.54 Å². The van der Waals surface area contributed by atoms with Gasteiger partial charge in [0.2, 0.25) is 0 Å². The van der Waals surface area contributed by atoms with Crippen molar-refractivity contribution in [3.8, 4) is 0 Å². The van der Waals surface area contributed by atoms with Crippen LogP contribution in [-0.4, -0.2) is 25.1 Å². The summed E-state index contributed by atoms with van der Waals surface area (Å²) in [5.74, 6) is 1.07. The van der Waals surface area contributed by atoms with Crippen LogP contribution >= 0.6 is 0 Å². The second-order valence-electron chi connectivity index (χ2n) is 4.73. The highest BCUT2D eigenvalue weighted by Crippen LogP contribution is 2.21. The summed E-state index contributed by atoms with van der Waals surface area (Å²) in [5, 5.41) is 3.46. The van der Waals surface area contributed by atoms with Gasteiger partial charge in [-0.2, -0.15) is 0 Å². The lowest BCUT2D eigenvalue weighted by Gasteiger charge is -2.22. The number of nitrogens with zero attached hydrogens (tertiary/aromatic N) is 2. The number of aryl methyl sites for hydroxylation is 2. The molecule has 0 amide bonds. The van der Waals surface area contributed by atoms with E-state index in [1.165, 1.54) is 11.1 Å². The SMILES string of the molecule is C=CCN(C)c1nc(C)cc(C)c1CNCCC. The summed E-state index contributed by atoms with van der Waals surface area (Å²) in [6.45, 7) is 12.9. The molecule has 18 heavy (non-hydrogen) atoms. The Kier molecular flexibility index (Phi) is 5.86. The van der Waals surface area contributed by atoms with Gasteiger partial charge in [-0.3, -0.25) is 0 Å². The molecule has 0 aromatic carbocycles. The summed E-state index contributed by atoms with van der Waals surface area (Å²) in [6, 6.07) is 2.15. The molecule has 3 nitrogen and oxygen atoms in total. The molecule has 0 saturated heterocycles. The smallest absolute Gasteiger partial charge is 0.133 e. The largest absolute Gasteiger partial charge is 0.356 e. The van der Waals surface area contributed by atoms with E-state index in [-0.39, 0.29) is 0 Å². The molecule has 1 rings (SSSR count). The van der Waals surface area contributed by atoms with Crippen molar-refractivity contribution in [2.24, 2.45) is 0 Å². The molecule has 0 fully saturated rings. The molecule has 1 N–H and O–H groups in total. The third-order valence-electron chi connectivity index (χ3n) is 2.95. The van der Waals surface area contributed by atoms with Gasteiger partial charge in [0.15, 0.2) is 0 Å². The Morgan fingerprint density at radius 3 is 2.78 bits per heavy atom. The van der Waals surface area contributed by atoms with Crippen LogP contribution < -0.4 is 10.2 Å². The molecule has 1 aromatic rings. The predicted molar refractivity (Wildman–Crippen MR) is 79.2 cm³/mol. The Labute approximate surface area is 111 Å². The standard InChI is InChI=1S/C15H25N3/c1-6-8-16-11-14-12(3)10-13(4)17-15(14)18(5)9-7-2/h7,10,16H,2,6,8-9,11H2,1,3-5H3.